The van der Waals surface area contributed by atoms with Crippen LogP contribution in [0.2, 0.25) is 0 Å². The van der Waals surface area contributed by atoms with Crippen LogP contribution in [0.3, 0.4) is 0 Å². The number of nitrogens with zero attached hydrogens (tertiary/aromatic N) is 1. The number of ether oxygens (including phenoxy) is 2. The first-order valence-electron chi connectivity index (χ1n) is 9.34. The summed E-state index contributed by atoms with van der Waals surface area (Å²) in [6.45, 7) is 7.97. The zero-order valence-corrected chi connectivity index (χ0v) is 18.5. The Morgan fingerprint density at radius 1 is 1.03 bits per heavy atom. The Hall–Kier alpha value is -2.58. The van der Waals surface area contributed by atoms with Crippen molar-refractivity contribution in [3.05, 3.63) is 47.0 Å². The molecule has 0 unspecified atom stereocenters. The minimum Gasteiger partial charge on any atom is -0.497 e. The van der Waals surface area contributed by atoms with Gasteiger partial charge >= 0.3 is 0 Å². The maximum atomic E-state index is 12.9. The van der Waals surface area contributed by atoms with Crippen LogP contribution in [0.15, 0.2) is 35.2 Å². The highest BCUT2D eigenvalue weighted by Crippen LogP contribution is 2.29. The van der Waals surface area contributed by atoms with Crippen LogP contribution in [0.25, 0.3) is 0 Å². The van der Waals surface area contributed by atoms with Gasteiger partial charge in [-0.15, -0.1) is 0 Å². The Morgan fingerprint density at radius 3 is 2.24 bits per heavy atom. The summed E-state index contributed by atoms with van der Waals surface area (Å²) < 4.78 is 37.7. The van der Waals surface area contributed by atoms with Gasteiger partial charge in [-0.1, -0.05) is 13.8 Å². The van der Waals surface area contributed by atoms with Gasteiger partial charge in [-0.25, -0.2) is 8.42 Å². The van der Waals surface area contributed by atoms with Crippen molar-refractivity contribution in [2.75, 3.05) is 32.6 Å². The third-order valence-corrected chi connectivity index (χ3v) is 6.91. The molecule has 0 radical (unpaired) electrons. The predicted molar refractivity (Wildman–Crippen MR) is 114 cm³/mol. The van der Waals surface area contributed by atoms with Gasteiger partial charge in [0.15, 0.2) is 0 Å². The summed E-state index contributed by atoms with van der Waals surface area (Å²) in [7, 11) is -0.660. The van der Waals surface area contributed by atoms with Gasteiger partial charge in [0.25, 0.3) is 5.91 Å². The Labute approximate surface area is 172 Å². The molecule has 0 aliphatic rings. The standard InChI is InChI=1S/C21H28N2O5S/c1-7-23(8-2)29(25,26)17-11-14(3)15(4)19(13-17)22-21(24)18-12-16(27-5)9-10-20(18)28-6/h9-13H,7-8H2,1-6H3,(H,22,24). The lowest BCUT2D eigenvalue weighted by Crippen LogP contribution is -2.30. The number of nitrogens with one attached hydrogen (secondary N) is 1. The van der Waals surface area contributed by atoms with Crippen LogP contribution in [-0.2, 0) is 10.0 Å². The lowest BCUT2D eigenvalue weighted by atomic mass is 10.1. The molecular weight excluding hydrogens is 392 g/mol. The van der Waals surface area contributed by atoms with Gasteiger partial charge < -0.3 is 14.8 Å². The first-order chi connectivity index (χ1) is 13.7. The van der Waals surface area contributed by atoms with Crippen molar-refractivity contribution in [2.24, 2.45) is 0 Å². The van der Waals surface area contributed by atoms with Crippen LogP contribution in [-0.4, -0.2) is 45.9 Å². The Morgan fingerprint density at radius 2 is 1.69 bits per heavy atom. The summed E-state index contributed by atoms with van der Waals surface area (Å²) in [6.07, 6.45) is 0. The van der Waals surface area contributed by atoms with Gasteiger partial charge in [-0.2, -0.15) is 4.31 Å². The molecule has 0 heterocycles. The van der Waals surface area contributed by atoms with Gasteiger partial charge in [0.2, 0.25) is 10.0 Å². The highest BCUT2D eigenvalue weighted by Gasteiger charge is 2.24. The number of benzene rings is 2. The minimum absolute atomic E-state index is 0.150. The first-order valence-corrected chi connectivity index (χ1v) is 10.8. The molecule has 0 fully saturated rings. The van der Waals surface area contributed by atoms with Crippen LogP contribution in [0.4, 0.5) is 5.69 Å². The van der Waals surface area contributed by atoms with Crippen molar-refractivity contribution in [1.29, 1.82) is 0 Å². The second-order valence-corrected chi connectivity index (χ2v) is 8.46. The number of rotatable bonds is 8. The molecule has 0 saturated carbocycles. The lowest BCUT2D eigenvalue weighted by Gasteiger charge is -2.20. The smallest absolute Gasteiger partial charge is 0.259 e. The van der Waals surface area contributed by atoms with E-state index < -0.39 is 15.9 Å². The van der Waals surface area contributed by atoms with Crippen molar-refractivity contribution in [3.8, 4) is 11.5 Å². The fourth-order valence-electron chi connectivity index (χ4n) is 3.00. The minimum atomic E-state index is -3.65. The fourth-order valence-corrected chi connectivity index (χ4v) is 4.57. The molecule has 0 aromatic heterocycles. The maximum Gasteiger partial charge on any atom is 0.259 e. The predicted octanol–water partition coefficient (Wildman–Crippen LogP) is 3.60. The molecule has 0 aliphatic heterocycles. The van der Waals surface area contributed by atoms with E-state index in [4.69, 9.17) is 9.47 Å². The molecule has 1 N–H and O–H groups in total. The molecule has 0 aliphatic carbocycles. The van der Waals surface area contributed by atoms with E-state index in [9.17, 15) is 13.2 Å². The van der Waals surface area contributed by atoms with Gasteiger partial charge in [0.1, 0.15) is 11.5 Å². The van der Waals surface area contributed by atoms with Crippen LogP contribution < -0.4 is 14.8 Å². The summed E-state index contributed by atoms with van der Waals surface area (Å²) in [5.41, 5.74) is 2.29. The maximum absolute atomic E-state index is 12.9. The number of hydrogen-bond donors (Lipinski definition) is 1. The van der Waals surface area contributed by atoms with E-state index in [0.29, 0.717) is 35.8 Å². The molecule has 0 saturated heterocycles. The van der Waals surface area contributed by atoms with Crippen molar-refractivity contribution < 1.29 is 22.7 Å². The van der Waals surface area contributed by atoms with Crippen molar-refractivity contribution in [3.63, 3.8) is 0 Å². The quantitative estimate of drug-likeness (QED) is 0.705. The molecule has 2 aromatic rings. The number of carbonyl (C=O) groups is 1. The van der Waals surface area contributed by atoms with Crippen molar-refractivity contribution >= 4 is 21.6 Å². The molecule has 0 atom stereocenters. The van der Waals surface area contributed by atoms with Crippen LogP contribution in [0.5, 0.6) is 11.5 Å². The van der Waals surface area contributed by atoms with E-state index in [1.807, 2.05) is 13.8 Å². The Kier molecular flexibility index (Phi) is 7.26. The topological polar surface area (TPSA) is 84.9 Å². The largest absolute Gasteiger partial charge is 0.497 e. The second-order valence-electron chi connectivity index (χ2n) is 6.52. The van der Waals surface area contributed by atoms with Gasteiger partial charge in [0.05, 0.1) is 24.7 Å². The second kappa shape index (κ2) is 9.28. The molecule has 2 aromatic carbocycles. The average molecular weight is 421 g/mol. The summed E-state index contributed by atoms with van der Waals surface area (Å²) in [5, 5.41) is 2.82. The van der Waals surface area contributed by atoms with E-state index in [1.165, 1.54) is 24.6 Å². The number of hydrogen-bond acceptors (Lipinski definition) is 5. The molecule has 2 rings (SSSR count). The molecular formula is C21H28N2O5S. The Balaban J connectivity index is 2.49. The number of methoxy groups -OCH3 is 2. The molecule has 29 heavy (non-hydrogen) atoms. The van der Waals surface area contributed by atoms with Crippen molar-refractivity contribution in [2.45, 2.75) is 32.6 Å². The summed E-state index contributed by atoms with van der Waals surface area (Å²) in [5.74, 6) is 0.493. The highest BCUT2D eigenvalue weighted by molar-refractivity contribution is 7.89. The monoisotopic (exact) mass is 420 g/mol. The van der Waals surface area contributed by atoms with Gasteiger partial charge in [-0.3, -0.25) is 4.79 Å². The van der Waals surface area contributed by atoms with E-state index in [0.717, 1.165) is 11.1 Å². The normalized spacial score (nSPS) is 11.4. The zero-order chi connectivity index (χ0) is 21.8. The van der Waals surface area contributed by atoms with E-state index >= 15 is 0 Å². The molecule has 8 heteroatoms. The summed E-state index contributed by atoms with van der Waals surface area (Å²) >= 11 is 0. The van der Waals surface area contributed by atoms with E-state index in [2.05, 4.69) is 5.32 Å². The zero-order valence-electron chi connectivity index (χ0n) is 17.7. The molecule has 0 bridgehead atoms. The van der Waals surface area contributed by atoms with E-state index in [-0.39, 0.29) is 4.90 Å². The first kappa shape index (κ1) is 22.7. The number of amides is 1. The van der Waals surface area contributed by atoms with Crippen molar-refractivity contribution in [1.82, 2.24) is 4.31 Å². The molecule has 158 valence electrons. The van der Waals surface area contributed by atoms with Gasteiger partial charge in [-0.05, 0) is 55.3 Å². The number of aryl methyl sites for hydroxylation is 1. The number of carbonyl (C=O) groups excluding carboxylic acids is 1. The fraction of sp³-hybridized carbons (Fsp3) is 0.381. The third-order valence-electron chi connectivity index (χ3n) is 4.88. The summed E-state index contributed by atoms with van der Waals surface area (Å²) in [4.78, 5) is 13.1. The van der Waals surface area contributed by atoms with Crippen LogP contribution in [0.1, 0.15) is 35.3 Å². The molecule has 1 amide bonds. The third kappa shape index (κ3) is 4.71. The summed E-state index contributed by atoms with van der Waals surface area (Å²) in [6, 6.07) is 8.05. The highest BCUT2D eigenvalue weighted by atomic mass is 32.2. The average Bonchev–Trinajstić information content (AvgIpc) is 2.71. The Bertz CT molecular complexity index is 998. The van der Waals surface area contributed by atoms with Gasteiger partial charge in [0, 0.05) is 18.8 Å². The van der Waals surface area contributed by atoms with E-state index in [1.54, 1.807) is 38.1 Å². The number of sulfonamides is 1. The molecule has 0 spiro atoms. The molecule has 7 nitrogen and oxygen atoms in total. The lowest BCUT2D eigenvalue weighted by molar-refractivity contribution is 0.102. The number of anilines is 1. The van der Waals surface area contributed by atoms with Crippen LogP contribution in [0, 0.1) is 13.8 Å². The SMILES string of the molecule is CCN(CC)S(=O)(=O)c1cc(C)c(C)c(NC(=O)c2cc(OC)ccc2OC)c1. The van der Waals surface area contributed by atoms with Crippen LogP contribution >= 0.6 is 0 Å².